The van der Waals surface area contributed by atoms with Crippen molar-refractivity contribution in [3.8, 4) is 0 Å². The highest BCUT2D eigenvalue weighted by atomic mass is 16.5. The zero-order chi connectivity index (χ0) is 12.5. The monoisotopic (exact) mass is 238 g/mol. The number of ether oxygens (including phenoxy) is 1. The molecule has 1 heterocycles. The number of aromatic nitrogens is 1. The Morgan fingerprint density at radius 2 is 2.12 bits per heavy atom. The lowest BCUT2D eigenvalue weighted by molar-refractivity contribution is 0.123. The van der Waals surface area contributed by atoms with Gasteiger partial charge in [0.05, 0.1) is 6.61 Å². The van der Waals surface area contributed by atoms with Gasteiger partial charge in [-0.3, -0.25) is 0 Å². The van der Waals surface area contributed by atoms with E-state index in [9.17, 15) is 0 Å². The van der Waals surface area contributed by atoms with Crippen LogP contribution in [0, 0.1) is 0 Å². The van der Waals surface area contributed by atoms with E-state index in [2.05, 4.69) is 36.9 Å². The zero-order valence-corrected chi connectivity index (χ0v) is 11.2. The molecule has 0 aliphatic rings. The Labute approximate surface area is 105 Å². The van der Waals surface area contributed by atoms with Crippen molar-refractivity contribution in [2.75, 3.05) is 13.2 Å². The molecule has 0 amide bonds. The van der Waals surface area contributed by atoms with Crippen molar-refractivity contribution in [2.45, 2.75) is 52.1 Å². The Morgan fingerprint density at radius 1 is 1.29 bits per heavy atom. The molecule has 0 aromatic carbocycles. The van der Waals surface area contributed by atoms with Gasteiger partial charge in [-0.05, 0) is 24.5 Å². The summed E-state index contributed by atoms with van der Waals surface area (Å²) in [5, 5.41) is 0. The maximum Gasteiger partial charge on any atom is 0.0645 e. The maximum atomic E-state index is 6.07. The normalized spacial score (nSPS) is 12.9. The third-order valence-corrected chi connectivity index (χ3v) is 2.94. The standard InChI is InChI=1S/C14H26N2O/c1-3-5-10-17-11-9-16-8-7-13(12-16)14(15)6-4-2/h7-8,12,14H,3-6,9-11,15H2,1-2H3. The third-order valence-electron chi connectivity index (χ3n) is 2.94. The van der Waals surface area contributed by atoms with Crippen LogP contribution in [0.15, 0.2) is 18.5 Å². The van der Waals surface area contributed by atoms with Crippen LogP contribution in [0.3, 0.4) is 0 Å². The molecule has 2 N–H and O–H groups in total. The molecule has 1 atom stereocenters. The molecule has 1 unspecified atom stereocenters. The van der Waals surface area contributed by atoms with Crippen molar-refractivity contribution in [2.24, 2.45) is 5.73 Å². The molecule has 1 rings (SSSR count). The summed E-state index contributed by atoms with van der Waals surface area (Å²) in [6, 6.07) is 2.30. The number of hydrogen-bond donors (Lipinski definition) is 1. The van der Waals surface area contributed by atoms with Crippen LogP contribution in [0.5, 0.6) is 0 Å². The van der Waals surface area contributed by atoms with Crippen LogP contribution in [0.1, 0.15) is 51.1 Å². The highest BCUT2D eigenvalue weighted by molar-refractivity contribution is 5.14. The summed E-state index contributed by atoms with van der Waals surface area (Å²) < 4.78 is 7.71. The maximum absolute atomic E-state index is 6.07. The molecule has 0 spiro atoms. The largest absolute Gasteiger partial charge is 0.380 e. The number of nitrogens with two attached hydrogens (primary N) is 1. The van der Waals surface area contributed by atoms with E-state index >= 15 is 0 Å². The van der Waals surface area contributed by atoms with Gasteiger partial charge in [0.1, 0.15) is 0 Å². The molecule has 1 aromatic heterocycles. The van der Waals surface area contributed by atoms with Crippen molar-refractivity contribution < 1.29 is 4.74 Å². The molecule has 0 saturated carbocycles. The second-order valence-corrected chi connectivity index (χ2v) is 4.54. The minimum absolute atomic E-state index is 0.183. The molecule has 1 aromatic rings. The number of unbranched alkanes of at least 4 members (excludes halogenated alkanes) is 1. The summed E-state index contributed by atoms with van der Waals surface area (Å²) in [6.07, 6.45) is 8.76. The first-order chi connectivity index (χ1) is 8.27. The van der Waals surface area contributed by atoms with Gasteiger partial charge in [0.15, 0.2) is 0 Å². The summed E-state index contributed by atoms with van der Waals surface area (Å²) in [5.41, 5.74) is 7.31. The Balaban J connectivity index is 2.25. The highest BCUT2D eigenvalue weighted by Crippen LogP contribution is 2.15. The first kappa shape index (κ1) is 14.3. The molecule has 0 aliphatic heterocycles. The molecular formula is C14H26N2O. The van der Waals surface area contributed by atoms with E-state index in [0.717, 1.165) is 39.0 Å². The van der Waals surface area contributed by atoms with Crippen LogP contribution in [0.2, 0.25) is 0 Å². The van der Waals surface area contributed by atoms with Gasteiger partial charge in [0.25, 0.3) is 0 Å². The molecule has 0 saturated heterocycles. The average Bonchev–Trinajstić information content (AvgIpc) is 2.78. The molecule has 17 heavy (non-hydrogen) atoms. The summed E-state index contributed by atoms with van der Waals surface area (Å²) in [7, 11) is 0. The molecule has 3 nitrogen and oxygen atoms in total. The van der Waals surface area contributed by atoms with Crippen LogP contribution in [-0.4, -0.2) is 17.8 Å². The zero-order valence-electron chi connectivity index (χ0n) is 11.2. The van der Waals surface area contributed by atoms with E-state index < -0.39 is 0 Å². The van der Waals surface area contributed by atoms with E-state index in [-0.39, 0.29) is 6.04 Å². The molecule has 0 radical (unpaired) electrons. The fourth-order valence-electron chi connectivity index (χ4n) is 1.81. The lowest BCUT2D eigenvalue weighted by Gasteiger charge is -2.08. The second-order valence-electron chi connectivity index (χ2n) is 4.54. The van der Waals surface area contributed by atoms with E-state index in [1.165, 1.54) is 12.0 Å². The number of rotatable bonds is 9. The van der Waals surface area contributed by atoms with Gasteiger partial charge >= 0.3 is 0 Å². The highest BCUT2D eigenvalue weighted by Gasteiger charge is 2.05. The molecule has 0 bridgehead atoms. The average molecular weight is 238 g/mol. The van der Waals surface area contributed by atoms with Crippen LogP contribution < -0.4 is 5.73 Å². The molecule has 0 fully saturated rings. The minimum Gasteiger partial charge on any atom is -0.380 e. The number of hydrogen-bond acceptors (Lipinski definition) is 2. The van der Waals surface area contributed by atoms with Gasteiger partial charge in [-0.1, -0.05) is 26.7 Å². The van der Waals surface area contributed by atoms with E-state index in [4.69, 9.17) is 10.5 Å². The molecule has 0 aliphatic carbocycles. The SMILES string of the molecule is CCCCOCCn1ccc(C(N)CCC)c1. The summed E-state index contributed by atoms with van der Waals surface area (Å²) in [6.45, 7) is 6.93. The van der Waals surface area contributed by atoms with Crippen LogP contribution in [0.25, 0.3) is 0 Å². The molecular weight excluding hydrogens is 212 g/mol. The van der Waals surface area contributed by atoms with Crippen molar-refractivity contribution in [1.29, 1.82) is 0 Å². The van der Waals surface area contributed by atoms with Crippen LogP contribution >= 0.6 is 0 Å². The van der Waals surface area contributed by atoms with E-state index in [1.54, 1.807) is 0 Å². The fraction of sp³-hybridized carbons (Fsp3) is 0.714. The smallest absolute Gasteiger partial charge is 0.0645 e. The Morgan fingerprint density at radius 3 is 2.82 bits per heavy atom. The van der Waals surface area contributed by atoms with Crippen LogP contribution in [-0.2, 0) is 11.3 Å². The summed E-state index contributed by atoms with van der Waals surface area (Å²) >= 11 is 0. The van der Waals surface area contributed by atoms with Crippen LogP contribution in [0.4, 0.5) is 0 Å². The summed E-state index contributed by atoms with van der Waals surface area (Å²) in [5.74, 6) is 0. The fourth-order valence-corrected chi connectivity index (χ4v) is 1.81. The predicted molar refractivity (Wildman–Crippen MR) is 72.0 cm³/mol. The van der Waals surface area contributed by atoms with Gasteiger partial charge in [0.2, 0.25) is 0 Å². The van der Waals surface area contributed by atoms with E-state index in [0.29, 0.717) is 0 Å². The first-order valence-corrected chi connectivity index (χ1v) is 6.77. The Hall–Kier alpha value is -0.800. The van der Waals surface area contributed by atoms with Crippen molar-refractivity contribution in [3.05, 3.63) is 24.0 Å². The topological polar surface area (TPSA) is 40.2 Å². The minimum atomic E-state index is 0.183. The molecule has 3 heteroatoms. The van der Waals surface area contributed by atoms with Crippen molar-refractivity contribution in [3.63, 3.8) is 0 Å². The third kappa shape index (κ3) is 5.37. The van der Waals surface area contributed by atoms with E-state index in [1.807, 2.05) is 0 Å². The quantitative estimate of drug-likeness (QED) is 0.671. The Bertz CT molecular complexity index is 296. The first-order valence-electron chi connectivity index (χ1n) is 6.77. The van der Waals surface area contributed by atoms with Gasteiger partial charge < -0.3 is 15.0 Å². The molecule has 98 valence electrons. The van der Waals surface area contributed by atoms with Crippen molar-refractivity contribution >= 4 is 0 Å². The van der Waals surface area contributed by atoms with Gasteiger partial charge in [0, 0.05) is 31.6 Å². The van der Waals surface area contributed by atoms with Gasteiger partial charge in [-0.2, -0.15) is 0 Å². The van der Waals surface area contributed by atoms with Crippen molar-refractivity contribution in [1.82, 2.24) is 4.57 Å². The number of nitrogens with zero attached hydrogens (tertiary/aromatic N) is 1. The predicted octanol–water partition coefficient (Wildman–Crippen LogP) is 3.10. The Kier molecular flexibility index (Phi) is 6.97. The second kappa shape index (κ2) is 8.31. The lowest BCUT2D eigenvalue weighted by atomic mass is 10.1. The lowest BCUT2D eigenvalue weighted by Crippen LogP contribution is -2.09. The van der Waals surface area contributed by atoms with Gasteiger partial charge in [-0.15, -0.1) is 0 Å². The van der Waals surface area contributed by atoms with Gasteiger partial charge in [-0.25, -0.2) is 0 Å². The summed E-state index contributed by atoms with van der Waals surface area (Å²) in [4.78, 5) is 0.